The van der Waals surface area contributed by atoms with Crippen LogP contribution in [0.25, 0.3) is 10.9 Å². The Hall–Kier alpha value is -1.92. The highest BCUT2D eigenvalue weighted by atomic mass is 16.2. The number of carbonyl (C=O) groups is 1. The Morgan fingerprint density at radius 3 is 3.05 bits per heavy atom. The molecule has 2 aromatic rings. The summed E-state index contributed by atoms with van der Waals surface area (Å²) in [4.78, 5) is 14.2. The van der Waals surface area contributed by atoms with Crippen molar-refractivity contribution in [1.82, 2.24) is 15.1 Å². The van der Waals surface area contributed by atoms with E-state index in [0.717, 1.165) is 42.5 Å². The van der Waals surface area contributed by atoms with E-state index in [1.165, 1.54) is 0 Å². The molecule has 20 heavy (non-hydrogen) atoms. The zero-order valence-corrected chi connectivity index (χ0v) is 11.3. The van der Waals surface area contributed by atoms with Crippen LogP contribution in [0.1, 0.15) is 12.8 Å². The number of rotatable bonds is 3. The Bertz CT molecular complexity index is 600. The second-order valence-corrected chi connectivity index (χ2v) is 5.33. The molecule has 1 aliphatic rings. The van der Waals surface area contributed by atoms with Gasteiger partial charge in [0.25, 0.3) is 0 Å². The number of aromatic nitrogens is 2. The highest BCUT2D eigenvalue weighted by Crippen LogP contribution is 2.16. The summed E-state index contributed by atoms with van der Waals surface area (Å²) < 4.78 is 0. The van der Waals surface area contributed by atoms with Crippen molar-refractivity contribution in [3.05, 3.63) is 24.4 Å². The van der Waals surface area contributed by atoms with Crippen molar-refractivity contribution in [2.75, 3.05) is 25.0 Å². The SMILES string of the molecule is NC1CCN(CC(=O)Nc2ccc3[nH]ncc3c2)CC1. The van der Waals surface area contributed by atoms with Gasteiger partial charge in [0.05, 0.1) is 18.3 Å². The number of benzene rings is 1. The fraction of sp³-hybridized carbons (Fsp3) is 0.429. The fourth-order valence-corrected chi connectivity index (χ4v) is 2.54. The second-order valence-electron chi connectivity index (χ2n) is 5.33. The van der Waals surface area contributed by atoms with Crippen LogP contribution < -0.4 is 11.1 Å². The lowest BCUT2D eigenvalue weighted by Gasteiger charge is -2.29. The predicted molar refractivity (Wildman–Crippen MR) is 78.4 cm³/mol. The van der Waals surface area contributed by atoms with E-state index in [4.69, 9.17) is 5.73 Å². The van der Waals surface area contributed by atoms with Crippen LogP contribution in [0.4, 0.5) is 5.69 Å². The van der Waals surface area contributed by atoms with Crippen LogP contribution in [0.15, 0.2) is 24.4 Å². The van der Waals surface area contributed by atoms with Crippen molar-refractivity contribution in [3.8, 4) is 0 Å². The number of fused-ring (bicyclic) bond motifs is 1. The zero-order chi connectivity index (χ0) is 13.9. The molecular weight excluding hydrogens is 254 g/mol. The van der Waals surface area contributed by atoms with Gasteiger partial charge in [0, 0.05) is 30.2 Å². The minimum Gasteiger partial charge on any atom is -0.328 e. The molecule has 1 saturated heterocycles. The number of carbonyl (C=O) groups excluding carboxylic acids is 1. The minimum absolute atomic E-state index is 0.0170. The van der Waals surface area contributed by atoms with Gasteiger partial charge in [-0.15, -0.1) is 0 Å². The van der Waals surface area contributed by atoms with Crippen molar-refractivity contribution in [3.63, 3.8) is 0 Å². The molecule has 1 aliphatic heterocycles. The number of aromatic amines is 1. The predicted octanol–water partition coefficient (Wildman–Crippen LogP) is 0.924. The highest BCUT2D eigenvalue weighted by molar-refractivity contribution is 5.94. The van der Waals surface area contributed by atoms with Crippen LogP contribution in [0.5, 0.6) is 0 Å². The summed E-state index contributed by atoms with van der Waals surface area (Å²) in [5, 5.41) is 10.8. The Morgan fingerprint density at radius 1 is 1.45 bits per heavy atom. The maximum absolute atomic E-state index is 12.0. The molecule has 106 valence electrons. The average molecular weight is 273 g/mol. The summed E-state index contributed by atoms with van der Waals surface area (Å²) in [5.41, 5.74) is 7.63. The van der Waals surface area contributed by atoms with Crippen LogP contribution >= 0.6 is 0 Å². The number of nitrogens with two attached hydrogens (primary N) is 1. The number of hydrogen-bond donors (Lipinski definition) is 3. The maximum Gasteiger partial charge on any atom is 0.238 e. The minimum atomic E-state index is 0.0170. The molecular formula is C14H19N5O. The van der Waals surface area contributed by atoms with E-state index < -0.39 is 0 Å². The number of likely N-dealkylation sites (tertiary alicyclic amines) is 1. The topological polar surface area (TPSA) is 87.0 Å². The molecule has 1 aromatic carbocycles. The summed E-state index contributed by atoms with van der Waals surface area (Å²) in [6.07, 6.45) is 3.68. The van der Waals surface area contributed by atoms with Crippen LogP contribution in [-0.2, 0) is 4.79 Å². The third-order valence-corrected chi connectivity index (χ3v) is 3.72. The van der Waals surface area contributed by atoms with Gasteiger partial charge in [-0.25, -0.2) is 0 Å². The number of H-pyrrole nitrogens is 1. The number of amides is 1. The first-order valence-corrected chi connectivity index (χ1v) is 6.91. The molecule has 0 atom stereocenters. The lowest BCUT2D eigenvalue weighted by Crippen LogP contribution is -2.43. The van der Waals surface area contributed by atoms with Gasteiger partial charge in [-0.2, -0.15) is 5.10 Å². The van der Waals surface area contributed by atoms with Gasteiger partial charge in [0.1, 0.15) is 0 Å². The molecule has 1 amide bonds. The lowest BCUT2D eigenvalue weighted by molar-refractivity contribution is -0.117. The van der Waals surface area contributed by atoms with E-state index in [-0.39, 0.29) is 11.9 Å². The standard InChI is InChI=1S/C14H19N5O/c15-11-3-5-19(6-4-11)9-14(20)17-12-1-2-13-10(7-12)8-16-18-13/h1-2,7-8,11H,3-6,9,15H2,(H,16,18)(H,17,20). The van der Waals surface area contributed by atoms with Crippen LogP contribution in [0.2, 0.25) is 0 Å². The van der Waals surface area contributed by atoms with Gasteiger partial charge in [-0.1, -0.05) is 0 Å². The third-order valence-electron chi connectivity index (χ3n) is 3.72. The largest absolute Gasteiger partial charge is 0.328 e. The number of nitrogens with one attached hydrogen (secondary N) is 2. The molecule has 0 aliphatic carbocycles. The Kier molecular flexibility index (Phi) is 3.66. The summed E-state index contributed by atoms with van der Waals surface area (Å²) in [6, 6.07) is 6.00. The average Bonchev–Trinajstić information content (AvgIpc) is 2.89. The monoisotopic (exact) mass is 273 g/mol. The molecule has 0 bridgehead atoms. The first-order valence-electron chi connectivity index (χ1n) is 6.91. The molecule has 0 spiro atoms. The number of piperidine rings is 1. The molecule has 3 rings (SSSR count). The second kappa shape index (κ2) is 5.60. The lowest BCUT2D eigenvalue weighted by atomic mass is 10.1. The van der Waals surface area contributed by atoms with Crippen molar-refractivity contribution in [2.45, 2.75) is 18.9 Å². The summed E-state index contributed by atoms with van der Waals surface area (Å²) >= 11 is 0. The van der Waals surface area contributed by atoms with Crippen molar-refractivity contribution in [2.24, 2.45) is 5.73 Å². The van der Waals surface area contributed by atoms with Gasteiger partial charge in [-0.05, 0) is 31.0 Å². The summed E-state index contributed by atoms with van der Waals surface area (Å²) in [6.45, 7) is 2.22. The molecule has 1 aromatic heterocycles. The molecule has 6 heteroatoms. The zero-order valence-electron chi connectivity index (χ0n) is 11.3. The van der Waals surface area contributed by atoms with Gasteiger partial charge >= 0.3 is 0 Å². The maximum atomic E-state index is 12.0. The number of nitrogens with zero attached hydrogens (tertiary/aromatic N) is 2. The third kappa shape index (κ3) is 2.97. The molecule has 2 heterocycles. The molecule has 6 nitrogen and oxygen atoms in total. The van der Waals surface area contributed by atoms with E-state index in [9.17, 15) is 4.79 Å². The van der Waals surface area contributed by atoms with Crippen LogP contribution in [0, 0.1) is 0 Å². The van der Waals surface area contributed by atoms with Gasteiger partial charge in [-0.3, -0.25) is 14.8 Å². The number of anilines is 1. The van der Waals surface area contributed by atoms with Crippen molar-refractivity contribution < 1.29 is 4.79 Å². The van der Waals surface area contributed by atoms with E-state index in [1.54, 1.807) is 6.20 Å². The summed E-state index contributed by atoms with van der Waals surface area (Å²) in [7, 11) is 0. The van der Waals surface area contributed by atoms with E-state index in [2.05, 4.69) is 20.4 Å². The van der Waals surface area contributed by atoms with Gasteiger partial charge in [0.2, 0.25) is 5.91 Å². The molecule has 0 radical (unpaired) electrons. The van der Waals surface area contributed by atoms with Crippen LogP contribution in [-0.4, -0.2) is 46.7 Å². The van der Waals surface area contributed by atoms with Gasteiger partial charge in [0.15, 0.2) is 0 Å². The first kappa shape index (κ1) is 13.1. The van der Waals surface area contributed by atoms with Crippen molar-refractivity contribution in [1.29, 1.82) is 0 Å². The summed E-state index contributed by atoms with van der Waals surface area (Å²) in [5.74, 6) is 0.0170. The van der Waals surface area contributed by atoms with Gasteiger partial charge < -0.3 is 11.1 Å². The Labute approximate surface area is 117 Å². The molecule has 0 saturated carbocycles. The van der Waals surface area contributed by atoms with E-state index in [1.807, 2.05) is 18.2 Å². The Balaban J connectivity index is 1.58. The molecule has 4 N–H and O–H groups in total. The fourth-order valence-electron chi connectivity index (χ4n) is 2.54. The number of hydrogen-bond acceptors (Lipinski definition) is 4. The highest BCUT2D eigenvalue weighted by Gasteiger charge is 2.18. The first-order chi connectivity index (χ1) is 9.70. The van der Waals surface area contributed by atoms with E-state index in [0.29, 0.717) is 6.54 Å². The molecule has 0 unspecified atom stereocenters. The van der Waals surface area contributed by atoms with E-state index >= 15 is 0 Å². The van der Waals surface area contributed by atoms with Crippen LogP contribution in [0.3, 0.4) is 0 Å². The Morgan fingerprint density at radius 2 is 2.25 bits per heavy atom. The quantitative estimate of drug-likeness (QED) is 0.776. The van der Waals surface area contributed by atoms with Crippen molar-refractivity contribution >= 4 is 22.5 Å². The molecule has 1 fully saturated rings. The normalized spacial score (nSPS) is 17.4. The smallest absolute Gasteiger partial charge is 0.238 e.